The zero-order chi connectivity index (χ0) is 23.8. The number of urea groups is 1. The molecule has 2 atom stereocenters. The van der Waals surface area contributed by atoms with Gasteiger partial charge in [0, 0.05) is 55.7 Å². The molecule has 2 aromatic carbocycles. The van der Waals surface area contributed by atoms with Gasteiger partial charge in [-0.25, -0.2) is 14.7 Å². The summed E-state index contributed by atoms with van der Waals surface area (Å²) >= 11 is 0. The summed E-state index contributed by atoms with van der Waals surface area (Å²) in [6.45, 7) is 1.85. The molecular weight excluding hydrogens is 432 g/mol. The highest BCUT2D eigenvalue weighted by atomic mass is 16.2. The summed E-state index contributed by atoms with van der Waals surface area (Å²) in [6, 6.07) is 14.8. The lowest BCUT2D eigenvalue weighted by molar-refractivity contribution is -0.124. The van der Waals surface area contributed by atoms with E-state index in [9.17, 15) is 14.4 Å². The predicted octanol–water partition coefficient (Wildman–Crippen LogP) is 2.23. The number of ketones is 1. The molecule has 1 aromatic heterocycles. The van der Waals surface area contributed by atoms with Crippen molar-refractivity contribution in [1.29, 1.82) is 0 Å². The number of Topliss-reactive ketones (excluding diaryl/α,β-unsaturated/α-hetero) is 1. The van der Waals surface area contributed by atoms with E-state index in [1.165, 1.54) is 4.90 Å². The van der Waals surface area contributed by atoms with Gasteiger partial charge in [-0.05, 0) is 36.1 Å². The van der Waals surface area contributed by atoms with Crippen LogP contribution in [-0.4, -0.2) is 46.7 Å². The van der Waals surface area contributed by atoms with Gasteiger partial charge in [0.1, 0.15) is 5.78 Å². The molecule has 4 N–H and O–H groups in total. The Hall–Kier alpha value is -3.72. The van der Waals surface area contributed by atoms with E-state index in [1.54, 1.807) is 11.6 Å². The van der Waals surface area contributed by atoms with Crippen LogP contribution in [0.4, 0.5) is 10.5 Å². The van der Waals surface area contributed by atoms with E-state index in [-0.39, 0.29) is 23.4 Å². The first kappa shape index (κ1) is 22.1. The molecule has 5 rings (SSSR count). The number of rotatable bonds is 7. The second-order valence-corrected chi connectivity index (χ2v) is 9.19. The summed E-state index contributed by atoms with van der Waals surface area (Å²) in [5.41, 5.74) is 8.53. The van der Waals surface area contributed by atoms with Gasteiger partial charge in [0.15, 0.2) is 5.82 Å². The van der Waals surface area contributed by atoms with Crippen molar-refractivity contribution in [2.75, 3.05) is 25.0 Å². The van der Waals surface area contributed by atoms with Crippen LogP contribution < -0.4 is 21.6 Å². The molecule has 0 bridgehead atoms. The van der Waals surface area contributed by atoms with Crippen LogP contribution in [0.5, 0.6) is 0 Å². The smallest absolute Gasteiger partial charge is 0.343 e. The number of anilines is 1. The maximum Gasteiger partial charge on any atom is 0.343 e. The Morgan fingerprint density at radius 2 is 1.82 bits per heavy atom. The highest BCUT2D eigenvalue weighted by molar-refractivity contribution is 5.91. The van der Waals surface area contributed by atoms with Crippen LogP contribution in [0, 0.1) is 17.8 Å². The molecule has 3 aromatic rings. The van der Waals surface area contributed by atoms with Crippen LogP contribution in [0.3, 0.4) is 0 Å². The topological polar surface area (TPSA) is 126 Å². The van der Waals surface area contributed by atoms with E-state index in [0.717, 1.165) is 36.1 Å². The fraction of sp³-hybridized carbons (Fsp3) is 0.360. The van der Waals surface area contributed by atoms with Gasteiger partial charge in [-0.3, -0.25) is 14.3 Å². The molecule has 1 saturated carbocycles. The van der Waals surface area contributed by atoms with Crippen LogP contribution in [-0.2, 0) is 11.3 Å². The summed E-state index contributed by atoms with van der Waals surface area (Å²) in [7, 11) is 1.63. The Bertz CT molecular complexity index is 1270. The summed E-state index contributed by atoms with van der Waals surface area (Å²) in [5.74, 6) is 1.13. The molecule has 2 aliphatic rings. The van der Waals surface area contributed by atoms with Crippen molar-refractivity contribution in [3.8, 4) is 22.5 Å². The third kappa shape index (κ3) is 4.26. The Morgan fingerprint density at radius 3 is 2.53 bits per heavy atom. The van der Waals surface area contributed by atoms with Crippen molar-refractivity contribution >= 4 is 17.5 Å². The monoisotopic (exact) mass is 460 g/mol. The van der Waals surface area contributed by atoms with Crippen molar-refractivity contribution in [2.45, 2.75) is 19.4 Å². The number of nitrogens with one attached hydrogen (secondary N) is 2. The lowest BCUT2D eigenvalue weighted by Gasteiger charge is -2.18. The number of nitrogens with zero attached hydrogens (tertiary/aromatic N) is 3. The molecule has 1 aliphatic carbocycles. The van der Waals surface area contributed by atoms with Crippen molar-refractivity contribution in [2.24, 2.45) is 23.5 Å². The number of nitrogens with two attached hydrogens (primary N) is 1. The van der Waals surface area contributed by atoms with Crippen LogP contribution in [0.2, 0.25) is 0 Å². The highest BCUT2D eigenvalue weighted by Gasteiger charge is 2.41. The van der Waals surface area contributed by atoms with Crippen molar-refractivity contribution < 1.29 is 9.59 Å². The number of carbonyl (C=O) groups is 2. The minimum absolute atomic E-state index is 0.0460. The summed E-state index contributed by atoms with van der Waals surface area (Å²) in [4.78, 5) is 38.1. The van der Waals surface area contributed by atoms with E-state index in [0.29, 0.717) is 30.4 Å². The van der Waals surface area contributed by atoms with E-state index in [1.807, 2.05) is 48.5 Å². The number of primary amides is 1. The molecular formula is C25H28N6O3. The molecule has 1 unspecified atom stereocenters. The Morgan fingerprint density at radius 1 is 1.09 bits per heavy atom. The Labute approximate surface area is 197 Å². The highest BCUT2D eigenvalue weighted by Crippen LogP contribution is 2.36. The molecule has 2 fully saturated rings. The summed E-state index contributed by atoms with van der Waals surface area (Å²) < 4.78 is 1.64. The van der Waals surface area contributed by atoms with E-state index >= 15 is 0 Å². The molecule has 2 heterocycles. The van der Waals surface area contributed by atoms with E-state index in [4.69, 9.17) is 5.73 Å². The quantitative estimate of drug-likeness (QED) is 0.498. The summed E-state index contributed by atoms with van der Waals surface area (Å²) in [5, 5.41) is 10.2. The fourth-order valence-electron chi connectivity index (χ4n) is 4.70. The molecule has 1 saturated heterocycles. The fourth-order valence-corrected chi connectivity index (χ4v) is 4.70. The SMILES string of the molecule is CN(C(N)=O)c1cccc(-c2ccc(-c3n[nH]c(=O)n3C[C@H]3CNCC3C(=O)C3CC3)cc2)c1. The summed E-state index contributed by atoms with van der Waals surface area (Å²) in [6.07, 6.45) is 1.99. The van der Waals surface area contributed by atoms with Crippen LogP contribution in [0.15, 0.2) is 53.3 Å². The number of hydrogen-bond acceptors (Lipinski definition) is 5. The third-order valence-electron chi connectivity index (χ3n) is 6.90. The number of aromatic amines is 1. The standard InChI is InChI=1S/C25H28N6O3/c1-30(24(26)33)20-4-2-3-18(11-20)15-5-9-17(10-6-15)23-28-29-25(34)31(23)14-19-12-27-13-21(19)22(32)16-7-8-16/h2-6,9-11,16,19,21,27H,7-8,12-14H2,1H3,(H2,26,33)(H,29,34)/t19-,21?/m1/s1. The molecule has 34 heavy (non-hydrogen) atoms. The molecule has 9 heteroatoms. The van der Waals surface area contributed by atoms with Gasteiger partial charge >= 0.3 is 11.7 Å². The van der Waals surface area contributed by atoms with Gasteiger partial charge in [0.05, 0.1) is 0 Å². The Balaban J connectivity index is 1.38. The normalized spacial score (nSPS) is 19.8. The van der Waals surface area contributed by atoms with E-state index < -0.39 is 6.03 Å². The zero-order valence-electron chi connectivity index (χ0n) is 19.0. The molecule has 9 nitrogen and oxygen atoms in total. The molecule has 1 aliphatic heterocycles. The number of hydrogen-bond donors (Lipinski definition) is 3. The van der Waals surface area contributed by atoms with Crippen LogP contribution in [0.25, 0.3) is 22.5 Å². The van der Waals surface area contributed by atoms with Gasteiger partial charge in [0.2, 0.25) is 0 Å². The first-order chi connectivity index (χ1) is 16.4. The van der Waals surface area contributed by atoms with Gasteiger partial charge in [-0.15, -0.1) is 0 Å². The van der Waals surface area contributed by atoms with Crippen LogP contribution in [0.1, 0.15) is 12.8 Å². The maximum absolute atomic E-state index is 12.7. The second kappa shape index (κ2) is 8.90. The lowest BCUT2D eigenvalue weighted by atomic mass is 9.89. The minimum atomic E-state index is -0.525. The molecule has 2 amide bonds. The number of H-pyrrole nitrogens is 1. The lowest BCUT2D eigenvalue weighted by Crippen LogP contribution is -2.31. The average molecular weight is 461 g/mol. The molecule has 0 spiro atoms. The Kier molecular flexibility index (Phi) is 5.79. The van der Waals surface area contributed by atoms with Crippen molar-refractivity contribution in [3.63, 3.8) is 0 Å². The average Bonchev–Trinajstić information content (AvgIpc) is 3.50. The van der Waals surface area contributed by atoms with Gasteiger partial charge < -0.3 is 11.1 Å². The van der Waals surface area contributed by atoms with Gasteiger partial charge in [-0.2, -0.15) is 5.10 Å². The number of carbonyl (C=O) groups excluding carboxylic acids is 2. The number of amides is 2. The largest absolute Gasteiger partial charge is 0.351 e. The van der Waals surface area contributed by atoms with Crippen LogP contribution >= 0.6 is 0 Å². The van der Waals surface area contributed by atoms with Crippen molar-refractivity contribution in [3.05, 3.63) is 59.0 Å². The van der Waals surface area contributed by atoms with Gasteiger partial charge in [-0.1, -0.05) is 36.4 Å². The zero-order valence-corrected chi connectivity index (χ0v) is 19.0. The van der Waals surface area contributed by atoms with Crippen molar-refractivity contribution in [1.82, 2.24) is 20.1 Å². The van der Waals surface area contributed by atoms with E-state index in [2.05, 4.69) is 15.5 Å². The predicted molar refractivity (Wildman–Crippen MR) is 129 cm³/mol. The van der Waals surface area contributed by atoms with Gasteiger partial charge in [0.25, 0.3) is 0 Å². The minimum Gasteiger partial charge on any atom is -0.351 e. The molecule has 176 valence electrons. The second-order valence-electron chi connectivity index (χ2n) is 9.19. The number of benzene rings is 2. The maximum atomic E-state index is 12.7. The first-order valence-electron chi connectivity index (χ1n) is 11.6. The molecule has 0 radical (unpaired) electrons. The number of aromatic nitrogens is 3. The third-order valence-corrected chi connectivity index (χ3v) is 6.90. The first-order valence-corrected chi connectivity index (χ1v) is 11.6.